The van der Waals surface area contributed by atoms with Gasteiger partial charge in [0, 0.05) is 24.0 Å². The molecule has 0 aromatic carbocycles. The molecule has 0 atom stereocenters. The lowest BCUT2D eigenvalue weighted by atomic mass is 9.93. The van der Waals surface area contributed by atoms with E-state index in [0.29, 0.717) is 11.0 Å². The van der Waals surface area contributed by atoms with Crippen molar-refractivity contribution in [3.8, 4) is 0 Å². The molecule has 0 unspecified atom stereocenters. The lowest BCUT2D eigenvalue weighted by Crippen LogP contribution is -2.38. The van der Waals surface area contributed by atoms with E-state index in [1.165, 1.54) is 37.8 Å². The smallest absolute Gasteiger partial charge is 0.107 e. The fourth-order valence-corrected chi connectivity index (χ4v) is 3.61. The molecule has 0 amide bonds. The Bertz CT molecular complexity index is 493. The molecule has 110 valence electrons. The predicted octanol–water partition coefficient (Wildman–Crippen LogP) is 3.49. The van der Waals surface area contributed by atoms with Crippen LogP contribution in [0.15, 0.2) is 6.07 Å². The van der Waals surface area contributed by atoms with Gasteiger partial charge in [-0.1, -0.05) is 31.5 Å². The fraction of sp³-hybridized carbons (Fsp3) is 0.625. The van der Waals surface area contributed by atoms with Crippen molar-refractivity contribution in [1.82, 2.24) is 4.98 Å². The summed E-state index contributed by atoms with van der Waals surface area (Å²) in [5.74, 6) is 0. The van der Waals surface area contributed by atoms with E-state index < -0.39 is 0 Å². The van der Waals surface area contributed by atoms with Crippen molar-refractivity contribution in [3.63, 3.8) is 0 Å². The summed E-state index contributed by atoms with van der Waals surface area (Å²) in [6.45, 7) is 7.24. The molecule has 3 nitrogen and oxygen atoms in total. The van der Waals surface area contributed by atoms with E-state index in [0.717, 1.165) is 23.5 Å². The van der Waals surface area contributed by atoms with E-state index in [1.54, 1.807) is 0 Å². The second kappa shape index (κ2) is 6.53. The number of nitrogens with two attached hydrogens (primary N) is 1. The highest BCUT2D eigenvalue weighted by molar-refractivity contribution is 7.80. The maximum Gasteiger partial charge on any atom is 0.107 e. The van der Waals surface area contributed by atoms with Crippen LogP contribution in [0.3, 0.4) is 0 Å². The topological polar surface area (TPSA) is 42.2 Å². The third-order valence-electron chi connectivity index (χ3n) is 4.22. The molecule has 1 aliphatic rings. The Morgan fingerprint density at radius 1 is 1.35 bits per heavy atom. The Hall–Kier alpha value is -1.16. The number of pyridine rings is 1. The van der Waals surface area contributed by atoms with Crippen molar-refractivity contribution in [2.45, 2.75) is 58.9 Å². The van der Waals surface area contributed by atoms with Gasteiger partial charge in [-0.25, -0.2) is 0 Å². The number of anilines is 1. The summed E-state index contributed by atoms with van der Waals surface area (Å²) in [6, 6.07) is 2.75. The number of hydrogen-bond acceptors (Lipinski definition) is 3. The molecule has 4 heteroatoms. The summed E-state index contributed by atoms with van der Waals surface area (Å²) in [5.41, 5.74) is 10.1. The van der Waals surface area contributed by atoms with Crippen molar-refractivity contribution in [2.75, 3.05) is 11.4 Å². The average Bonchev–Trinajstić information content (AvgIpc) is 2.39. The lowest BCUT2D eigenvalue weighted by Gasteiger charge is -2.37. The molecule has 20 heavy (non-hydrogen) atoms. The van der Waals surface area contributed by atoms with Crippen molar-refractivity contribution >= 4 is 22.9 Å². The van der Waals surface area contributed by atoms with Gasteiger partial charge in [0.15, 0.2) is 0 Å². The SMILES string of the molecule is CCN(c1cc(C)nc(C)c1C(N)=S)C1CCCCC1. The highest BCUT2D eigenvalue weighted by atomic mass is 32.1. The molecule has 0 bridgehead atoms. The van der Waals surface area contributed by atoms with Crippen LogP contribution >= 0.6 is 12.2 Å². The predicted molar refractivity (Wildman–Crippen MR) is 89.5 cm³/mol. The van der Waals surface area contributed by atoms with Crippen molar-refractivity contribution < 1.29 is 0 Å². The van der Waals surface area contributed by atoms with Gasteiger partial charge in [0.1, 0.15) is 4.99 Å². The number of thiocarbonyl (C=S) groups is 1. The standard InChI is InChI=1S/C16H25N3S/c1-4-19(13-8-6-5-7-9-13)14-10-11(2)18-12(3)15(14)16(17)20/h10,13H,4-9H2,1-3H3,(H2,17,20). The van der Waals surface area contributed by atoms with Gasteiger partial charge in [0.2, 0.25) is 0 Å². The minimum absolute atomic E-state index is 0.458. The van der Waals surface area contributed by atoms with Gasteiger partial charge >= 0.3 is 0 Å². The van der Waals surface area contributed by atoms with Crippen LogP contribution in [0.1, 0.15) is 56.0 Å². The molecule has 0 spiro atoms. The van der Waals surface area contributed by atoms with E-state index in [2.05, 4.69) is 22.9 Å². The van der Waals surface area contributed by atoms with Crippen molar-refractivity contribution in [1.29, 1.82) is 0 Å². The molecular weight excluding hydrogens is 266 g/mol. The van der Waals surface area contributed by atoms with E-state index in [1.807, 2.05) is 13.8 Å². The summed E-state index contributed by atoms with van der Waals surface area (Å²) in [7, 11) is 0. The van der Waals surface area contributed by atoms with Gasteiger partial charge in [0.05, 0.1) is 11.3 Å². The Morgan fingerprint density at radius 3 is 2.55 bits per heavy atom. The van der Waals surface area contributed by atoms with E-state index >= 15 is 0 Å². The third kappa shape index (κ3) is 3.11. The number of aryl methyl sites for hydroxylation is 2. The molecule has 2 rings (SSSR count). The molecule has 1 heterocycles. The first kappa shape index (κ1) is 15.2. The normalized spacial score (nSPS) is 16.1. The number of nitrogens with zero attached hydrogens (tertiary/aromatic N) is 2. The zero-order valence-electron chi connectivity index (χ0n) is 12.8. The second-order valence-corrected chi connectivity index (χ2v) is 6.13. The Kier molecular flexibility index (Phi) is 4.97. The van der Waals surface area contributed by atoms with Gasteiger partial charge in [-0.15, -0.1) is 0 Å². The summed E-state index contributed by atoms with van der Waals surface area (Å²) in [5, 5.41) is 0. The second-order valence-electron chi connectivity index (χ2n) is 5.69. The molecule has 1 aromatic heterocycles. The third-order valence-corrected chi connectivity index (χ3v) is 4.42. The zero-order valence-corrected chi connectivity index (χ0v) is 13.6. The van der Waals surface area contributed by atoms with Crippen LogP contribution in [0.4, 0.5) is 5.69 Å². The molecule has 0 saturated heterocycles. The lowest BCUT2D eigenvalue weighted by molar-refractivity contribution is 0.418. The number of rotatable bonds is 4. The monoisotopic (exact) mass is 291 g/mol. The zero-order chi connectivity index (χ0) is 14.7. The van der Waals surface area contributed by atoms with E-state index in [-0.39, 0.29) is 0 Å². The van der Waals surface area contributed by atoms with E-state index in [4.69, 9.17) is 18.0 Å². The summed E-state index contributed by atoms with van der Waals surface area (Å²) in [6.07, 6.45) is 6.56. The Balaban J connectivity index is 2.44. The maximum atomic E-state index is 5.95. The molecule has 1 fully saturated rings. The first-order chi connectivity index (χ1) is 9.54. The van der Waals surface area contributed by atoms with Crippen LogP contribution in [0.2, 0.25) is 0 Å². The van der Waals surface area contributed by atoms with Gasteiger partial charge in [-0.05, 0) is 39.7 Å². The average molecular weight is 291 g/mol. The summed E-state index contributed by atoms with van der Waals surface area (Å²) >= 11 is 5.26. The maximum absolute atomic E-state index is 5.95. The van der Waals surface area contributed by atoms with Gasteiger partial charge < -0.3 is 10.6 Å². The molecule has 0 radical (unpaired) electrons. The van der Waals surface area contributed by atoms with Crippen molar-refractivity contribution in [3.05, 3.63) is 23.0 Å². The molecule has 1 saturated carbocycles. The Morgan fingerprint density at radius 2 is 2.00 bits per heavy atom. The molecule has 1 aliphatic carbocycles. The van der Waals surface area contributed by atoms with Crippen LogP contribution < -0.4 is 10.6 Å². The molecule has 1 aromatic rings. The van der Waals surface area contributed by atoms with Gasteiger partial charge in [-0.2, -0.15) is 0 Å². The fourth-order valence-electron chi connectivity index (χ4n) is 3.36. The van der Waals surface area contributed by atoms with Crippen LogP contribution in [-0.2, 0) is 0 Å². The first-order valence-corrected chi connectivity index (χ1v) is 8.00. The highest BCUT2D eigenvalue weighted by Gasteiger charge is 2.24. The van der Waals surface area contributed by atoms with Crippen LogP contribution in [0.25, 0.3) is 0 Å². The highest BCUT2D eigenvalue weighted by Crippen LogP contribution is 2.31. The number of aromatic nitrogens is 1. The number of hydrogen-bond donors (Lipinski definition) is 1. The van der Waals surface area contributed by atoms with E-state index in [9.17, 15) is 0 Å². The van der Waals surface area contributed by atoms with Crippen LogP contribution in [0, 0.1) is 13.8 Å². The summed E-state index contributed by atoms with van der Waals surface area (Å²) < 4.78 is 0. The minimum atomic E-state index is 0.458. The quantitative estimate of drug-likeness (QED) is 0.862. The van der Waals surface area contributed by atoms with Crippen molar-refractivity contribution in [2.24, 2.45) is 5.73 Å². The van der Waals surface area contributed by atoms with Crippen LogP contribution in [-0.4, -0.2) is 22.6 Å². The first-order valence-electron chi connectivity index (χ1n) is 7.59. The summed E-state index contributed by atoms with van der Waals surface area (Å²) in [4.78, 5) is 7.46. The largest absolute Gasteiger partial charge is 0.389 e. The molecular formula is C16H25N3S. The minimum Gasteiger partial charge on any atom is -0.389 e. The molecule has 2 N–H and O–H groups in total. The van der Waals surface area contributed by atoms with Gasteiger partial charge in [-0.3, -0.25) is 4.98 Å². The van der Waals surface area contributed by atoms with Gasteiger partial charge in [0.25, 0.3) is 0 Å². The molecule has 0 aliphatic heterocycles. The van der Waals surface area contributed by atoms with Crippen LogP contribution in [0.5, 0.6) is 0 Å². The Labute approximate surface area is 127 Å².